The Morgan fingerprint density at radius 1 is 1.28 bits per heavy atom. The number of H-pyrrole nitrogens is 1. The Morgan fingerprint density at radius 2 is 2.12 bits per heavy atom. The highest BCUT2D eigenvalue weighted by atomic mass is 32.1. The molecule has 0 aliphatic carbocycles. The molecule has 0 saturated heterocycles. The van der Waals surface area contributed by atoms with Crippen molar-refractivity contribution < 1.29 is 9.53 Å². The predicted molar refractivity (Wildman–Crippen MR) is 95.3 cm³/mol. The number of rotatable bonds is 7. The molecule has 0 atom stereocenters. The first-order valence-electron chi connectivity index (χ1n) is 7.85. The minimum atomic E-state index is -0.0801. The van der Waals surface area contributed by atoms with E-state index < -0.39 is 0 Å². The molecule has 0 saturated carbocycles. The maximum atomic E-state index is 13.2. The average Bonchev–Trinajstić information content (AvgIpc) is 3.30. The van der Waals surface area contributed by atoms with Crippen molar-refractivity contribution in [3.8, 4) is 11.4 Å². The molecule has 0 unspecified atom stereocenters. The molecule has 0 aliphatic rings. The molecule has 0 aliphatic heterocycles. The smallest absolute Gasteiger partial charge is 0.255 e. The first-order valence-corrected chi connectivity index (χ1v) is 8.67. The van der Waals surface area contributed by atoms with Gasteiger partial charge >= 0.3 is 0 Å². The molecule has 8 heteroatoms. The molecule has 0 radical (unpaired) electrons. The molecule has 3 aromatic rings. The van der Waals surface area contributed by atoms with Crippen molar-refractivity contribution in [3.63, 3.8) is 0 Å². The minimum Gasteiger partial charge on any atom is -0.383 e. The van der Waals surface area contributed by atoms with Crippen LogP contribution in [0.1, 0.15) is 20.1 Å². The molecular formula is C17H19N5O2S. The molecule has 0 fully saturated rings. The van der Waals surface area contributed by atoms with Crippen LogP contribution in [0.25, 0.3) is 11.4 Å². The van der Waals surface area contributed by atoms with Crippen LogP contribution in [0.3, 0.4) is 0 Å². The molecule has 0 spiro atoms. The third-order valence-corrected chi connectivity index (χ3v) is 4.72. The molecule has 25 heavy (non-hydrogen) atoms. The van der Waals surface area contributed by atoms with Crippen LogP contribution in [0.2, 0.25) is 0 Å². The zero-order valence-electron chi connectivity index (χ0n) is 14.1. The number of hydrogen-bond acceptors (Lipinski definition) is 6. The molecule has 0 bridgehead atoms. The summed E-state index contributed by atoms with van der Waals surface area (Å²) in [5.74, 6) is 0.325. The van der Waals surface area contributed by atoms with Crippen LogP contribution >= 0.6 is 11.3 Å². The number of ether oxygens (including phenoxy) is 1. The summed E-state index contributed by atoms with van der Waals surface area (Å²) in [4.78, 5) is 17.3. The zero-order valence-corrected chi connectivity index (χ0v) is 14.9. The van der Waals surface area contributed by atoms with Gasteiger partial charge in [-0.1, -0.05) is 18.2 Å². The van der Waals surface area contributed by atoms with Gasteiger partial charge in [0.25, 0.3) is 5.91 Å². The summed E-state index contributed by atoms with van der Waals surface area (Å²) < 4.78 is 5.17. The van der Waals surface area contributed by atoms with E-state index >= 15 is 0 Å². The normalized spacial score (nSPS) is 10.8. The summed E-state index contributed by atoms with van der Waals surface area (Å²) in [6.45, 7) is 3.58. The fraction of sp³-hybridized carbons (Fsp3) is 0.294. The maximum absolute atomic E-state index is 13.2. The highest BCUT2D eigenvalue weighted by Gasteiger charge is 2.21. The molecule has 7 nitrogen and oxygen atoms in total. The summed E-state index contributed by atoms with van der Waals surface area (Å²) >= 11 is 1.69. The van der Waals surface area contributed by atoms with Gasteiger partial charge in [0.2, 0.25) is 5.82 Å². The lowest BCUT2D eigenvalue weighted by atomic mass is 10.1. The second-order valence-electron chi connectivity index (χ2n) is 5.51. The molecular weight excluding hydrogens is 338 g/mol. The fourth-order valence-electron chi connectivity index (χ4n) is 2.52. The first kappa shape index (κ1) is 17.2. The van der Waals surface area contributed by atoms with Crippen LogP contribution in [-0.4, -0.2) is 51.7 Å². The first-order chi connectivity index (χ1) is 12.2. The number of benzene rings is 1. The highest BCUT2D eigenvalue weighted by molar-refractivity contribution is 7.11. The highest BCUT2D eigenvalue weighted by Crippen LogP contribution is 2.23. The number of methoxy groups -OCH3 is 1. The van der Waals surface area contributed by atoms with E-state index in [2.05, 4.69) is 39.7 Å². The molecule has 2 aromatic heterocycles. The second kappa shape index (κ2) is 8.00. The Balaban J connectivity index is 1.89. The lowest BCUT2D eigenvalue weighted by Crippen LogP contribution is -2.33. The number of aryl methyl sites for hydroxylation is 1. The summed E-state index contributed by atoms with van der Waals surface area (Å²) in [5, 5.41) is 14.0. The summed E-state index contributed by atoms with van der Waals surface area (Å²) in [6.07, 6.45) is 0. The number of nitrogens with zero attached hydrogens (tertiary/aromatic N) is 4. The van der Waals surface area contributed by atoms with E-state index in [1.165, 1.54) is 4.88 Å². The van der Waals surface area contributed by atoms with Crippen LogP contribution < -0.4 is 0 Å². The van der Waals surface area contributed by atoms with Crippen molar-refractivity contribution in [3.05, 3.63) is 51.7 Å². The Morgan fingerprint density at radius 3 is 2.80 bits per heavy atom. The molecule has 3 rings (SSSR count). The van der Waals surface area contributed by atoms with Gasteiger partial charge in [-0.15, -0.1) is 21.5 Å². The van der Waals surface area contributed by atoms with E-state index in [0.29, 0.717) is 36.6 Å². The number of amides is 1. The number of hydrogen-bond donors (Lipinski definition) is 1. The number of carbonyl (C=O) groups is 1. The number of nitrogens with one attached hydrogen (secondary N) is 1. The molecule has 1 amide bonds. The van der Waals surface area contributed by atoms with Gasteiger partial charge in [0.1, 0.15) is 0 Å². The average molecular weight is 357 g/mol. The van der Waals surface area contributed by atoms with Gasteiger partial charge in [-0.3, -0.25) is 4.79 Å². The zero-order chi connectivity index (χ0) is 17.6. The Bertz CT molecular complexity index is 831. The van der Waals surface area contributed by atoms with E-state index in [1.54, 1.807) is 29.4 Å². The summed E-state index contributed by atoms with van der Waals surface area (Å²) in [5.41, 5.74) is 1.21. The van der Waals surface area contributed by atoms with Crippen molar-refractivity contribution in [2.75, 3.05) is 20.3 Å². The monoisotopic (exact) mass is 357 g/mol. The predicted octanol–water partition coefficient (Wildman–Crippen LogP) is 2.53. The topological polar surface area (TPSA) is 84.0 Å². The standard InChI is InChI=1S/C17H19N5O2S/c1-12-7-8-13(25-12)11-22(9-10-24-2)17(23)15-6-4-3-5-14(15)16-18-20-21-19-16/h3-8H,9-11H2,1-2H3,(H,18,19,20,21). The van der Waals surface area contributed by atoms with Crippen LogP contribution in [0, 0.1) is 6.92 Å². The largest absolute Gasteiger partial charge is 0.383 e. The van der Waals surface area contributed by atoms with Crippen LogP contribution in [0.5, 0.6) is 0 Å². The fourth-order valence-corrected chi connectivity index (χ4v) is 3.43. The van der Waals surface area contributed by atoms with Crippen molar-refractivity contribution in [2.45, 2.75) is 13.5 Å². The van der Waals surface area contributed by atoms with Gasteiger partial charge in [-0.25, -0.2) is 0 Å². The number of thiophene rings is 1. The van der Waals surface area contributed by atoms with Crippen molar-refractivity contribution >= 4 is 17.2 Å². The van der Waals surface area contributed by atoms with Crippen molar-refractivity contribution in [2.24, 2.45) is 0 Å². The van der Waals surface area contributed by atoms with Gasteiger partial charge in [0, 0.05) is 29.0 Å². The summed E-state index contributed by atoms with van der Waals surface area (Å²) in [6, 6.07) is 11.4. The second-order valence-corrected chi connectivity index (χ2v) is 6.89. The lowest BCUT2D eigenvalue weighted by Gasteiger charge is -2.22. The summed E-state index contributed by atoms with van der Waals surface area (Å²) in [7, 11) is 1.63. The molecule has 2 heterocycles. The van der Waals surface area contributed by atoms with E-state index in [-0.39, 0.29) is 5.91 Å². The lowest BCUT2D eigenvalue weighted by molar-refractivity contribution is 0.0683. The van der Waals surface area contributed by atoms with E-state index in [0.717, 1.165) is 4.88 Å². The van der Waals surface area contributed by atoms with Gasteiger partial charge in [0.05, 0.1) is 18.7 Å². The Kier molecular flexibility index (Phi) is 5.52. The Hall–Kier alpha value is -2.58. The van der Waals surface area contributed by atoms with E-state index in [1.807, 2.05) is 18.2 Å². The molecule has 1 N–H and O–H groups in total. The number of tetrazole rings is 1. The van der Waals surface area contributed by atoms with Crippen molar-refractivity contribution in [1.29, 1.82) is 0 Å². The molecule has 130 valence electrons. The third kappa shape index (κ3) is 4.09. The van der Waals surface area contributed by atoms with Crippen LogP contribution in [0.15, 0.2) is 36.4 Å². The van der Waals surface area contributed by atoms with Gasteiger partial charge in [-0.05, 0) is 30.3 Å². The maximum Gasteiger partial charge on any atom is 0.255 e. The van der Waals surface area contributed by atoms with E-state index in [4.69, 9.17) is 4.74 Å². The Labute approximate surface area is 149 Å². The van der Waals surface area contributed by atoms with Crippen molar-refractivity contribution in [1.82, 2.24) is 25.5 Å². The SMILES string of the molecule is COCCN(Cc1ccc(C)s1)C(=O)c1ccccc1-c1nn[nH]n1. The van der Waals surface area contributed by atoms with E-state index in [9.17, 15) is 4.79 Å². The molecule has 1 aromatic carbocycles. The number of aromatic amines is 1. The third-order valence-electron chi connectivity index (χ3n) is 3.74. The number of aromatic nitrogens is 4. The quantitative estimate of drug-likeness (QED) is 0.702. The van der Waals surface area contributed by atoms with Gasteiger partial charge < -0.3 is 9.64 Å². The van der Waals surface area contributed by atoms with Crippen LogP contribution in [-0.2, 0) is 11.3 Å². The van der Waals surface area contributed by atoms with Gasteiger partial charge in [0.15, 0.2) is 0 Å². The van der Waals surface area contributed by atoms with Gasteiger partial charge in [-0.2, -0.15) is 5.21 Å². The minimum absolute atomic E-state index is 0.0801. The van der Waals surface area contributed by atoms with Crippen LogP contribution in [0.4, 0.5) is 0 Å². The number of carbonyl (C=O) groups excluding carboxylic acids is 1.